The highest BCUT2D eigenvalue weighted by atomic mass is 31.2. The fraction of sp³-hybridized carbons (Fsp3) is 0.750. The normalized spacial score (nSPS) is 13.9. The summed E-state index contributed by atoms with van der Waals surface area (Å²) in [6, 6.07) is 0. The average Bonchev–Trinajstić information content (AvgIpc) is 3.10. The topological polar surface area (TPSA) is 131 Å². The molecule has 0 heterocycles. The van der Waals surface area contributed by atoms with E-state index in [4.69, 9.17) is 13.8 Å². The predicted molar refractivity (Wildman–Crippen MR) is 206 cm³/mol. The Balaban J connectivity index is 3.71. The van der Waals surface area contributed by atoms with Gasteiger partial charge in [-0.15, -0.1) is 0 Å². The number of hydrogen-bond acceptors (Lipinski definition) is 7. The van der Waals surface area contributed by atoms with Gasteiger partial charge >= 0.3 is 13.8 Å². The van der Waals surface area contributed by atoms with Gasteiger partial charge in [0.25, 0.3) is 0 Å². The summed E-state index contributed by atoms with van der Waals surface area (Å²) in [5, 5.41) is 12.6. The van der Waals surface area contributed by atoms with Crippen LogP contribution in [0.3, 0.4) is 0 Å². The van der Waals surface area contributed by atoms with Gasteiger partial charge in [0, 0.05) is 19.4 Å². The fourth-order valence-corrected chi connectivity index (χ4v) is 5.78. The minimum absolute atomic E-state index is 0.0519. The number of aliphatic hydroxyl groups excluding tert-OH is 1. The molecule has 50 heavy (non-hydrogen) atoms. The maximum Gasteiger partial charge on any atom is 0.472 e. The smallest absolute Gasteiger partial charge is 0.463 e. The number of phosphoric ester groups is 1. The second-order valence-corrected chi connectivity index (χ2v) is 14.4. The van der Waals surface area contributed by atoms with Gasteiger partial charge in [0.2, 0.25) is 5.91 Å². The van der Waals surface area contributed by atoms with Crippen LogP contribution in [0.4, 0.5) is 0 Å². The monoisotopic (exact) mass is 725 g/mol. The zero-order valence-corrected chi connectivity index (χ0v) is 32.5. The molecular weight excluding hydrogens is 653 g/mol. The zero-order chi connectivity index (χ0) is 36.8. The number of nitrogens with one attached hydrogen (secondary N) is 1. The van der Waals surface area contributed by atoms with Crippen LogP contribution in [0.15, 0.2) is 48.6 Å². The summed E-state index contributed by atoms with van der Waals surface area (Å²) in [6.07, 6.45) is 40.4. The summed E-state index contributed by atoms with van der Waals surface area (Å²) < 4.78 is 26.7. The third-order valence-electron chi connectivity index (χ3n) is 8.01. The standard InChI is InChI=1S/C40H72NO8P/c1-3-5-7-9-11-13-15-17-18-19-20-21-22-24-26-28-30-32-39(43)41-34-35-48-50(45,46)49-37-38(42)36-47-40(44)33-31-29-27-25-23-16-14-12-10-8-6-4-2/h11,13,17-18,20-21,24,26,38,42H,3-10,12,14-16,19,22-23,25,27-37H2,1-2H3,(H,41,43)(H,45,46)/b13-11-,18-17-,21-20-,26-24-. The van der Waals surface area contributed by atoms with Gasteiger partial charge in [0.15, 0.2) is 0 Å². The number of phosphoric acid groups is 1. The molecular formula is C40H72NO8P. The molecule has 0 aromatic carbocycles. The van der Waals surface area contributed by atoms with Gasteiger partial charge < -0.3 is 20.1 Å². The van der Waals surface area contributed by atoms with Crippen molar-refractivity contribution in [1.82, 2.24) is 5.32 Å². The fourth-order valence-electron chi connectivity index (χ4n) is 5.02. The van der Waals surface area contributed by atoms with E-state index in [0.29, 0.717) is 12.8 Å². The van der Waals surface area contributed by atoms with E-state index < -0.39 is 26.5 Å². The first-order chi connectivity index (χ1) is 24.3. The van der Waals surface area contributed by atoms with E-state index in [9.17, 15) is 24.2 Å². The predicted octanol–water partition coefficient (Wildman–Crippen LogP) is 10.4. The highest BCUT2D eigenvalue weighted by Gasteiger charge is 2.23. The summed E-state index contributed by atoms with van der Waals surface area (Å²) in [4.78, 5) is 33.7. The molecule has 0 saturated heterocycles. The molecule has 0 fully saturated rings. The van der Waals surface area contributed by atoms with Crippen molar-refractivity contribution < 1.29 is 37.9 Å². The van der Waals surface area contributed by atoms with E-state index in [1.54, 1.807) is 0 Å². The number of amides is 1. The Morgan fingerprint density at radius 2 is 1.10 bits per heavy atom. The van der Waals surface area contributed by atoms with Gasteiger partial charge in [0.05, 0.1) is 13.2 Å². The molecule has 0 aliphatic carbocycles. The third-order valence-corrected chi connectivity index (χ3v) is 9.00. The van der Waals surface area contributed by atoms with Crippen LogP contribution < -0.4 is 5.32 Å². The first-order valence-corrected chi connectivity index (χ1v) is 21.1. The third kappa shape index (κ3) is 37.2. The number of unbranched alkanes of at least 4 members (excludes halogenated alkanes) is 15. The number of carbonyl (C=O) groups excluding carboxylic acids is 2. The van der Waals surface area contributed by atoms with E-state index in [2.05, 4.69) is 67.8 Å². The van der Waals surface area contributed by atoms with E-state index in [-0.39, 0.29) is 32.1 Å². The molecule has 0 saturated carbocycles. The van der Waals surface area contributed by atoms with Crippen molar-refractivity contribution >= 4 is 19.7 Å². The molecule has 1 amide bonds. The first-order valence-electron chi connectivity index (χ1n) is 19.6. The largest absolute Gasteiger partial charge is 0.472 e. The summed E-state index contributed by atoms with van der Waals surface area (Å²) in [5.41, 5.74) is 0. The quantitative estimate of drug-likeness (QED) is 0.0252. The molecule has 0 aromatic heterocycles. The van der Waals surface area contributed by atoms with Crippen LogP contribution in [0.5, 0.6) is 0 Å². The molecule has 10 heteroatoms. The summed E-state index contributed by atoms with van der Waals surface area (Å²) in [6.45, 7) is 3.44. The van der Waals surface area contributed by atoms with Gasteiger partial charge in [-0.05, 0) is 51.4 Å². The van der Waals surface area contributed by atoms with Crippen LogP contribution >= 0.6 is 7.82 Å². The lowest BCUT2D eigenvalue weighted by Crippen LogP contribution is -2.27. The number of esters is 1. The SMILES string of the molecule is CCCCC/C=C\C/C=C\C/C=C\C/C=C\CCCC(=O)NCCOP(=O)(O)OCC(O)COC(=O)CCCCCCCCCCCCCC. The van der Waals surface area contributed by atoms with E-state index in [1.807, 2.05) is 0 Å². The number of carbonyl (C=O) groups is 2. The number of ether oxygens (including phenoxy) is 1. The van der Waals surface area contributed by atoms with Crippen LogP contribution in [0, 0.1) is 0 Å². The molecule has 0 spiro atoms. The highest BCUT2D eigenvalue weighted by molar-refractivity contribution is 7.47. The van der Waals surface area contributed by atoms with Crippen LogP contribution in [-0.4, -0.2) is 54.3 Å². The zero-order valence-electron chi connectivity index (χ0n) is 31.6. The van der Waals surface area contributed by atoms with Crippen LogP contribution in [0.25, 0.3) is 0 Å². The Bertz CT molecular complexity index is 965. The molecule has 2 unspecified atom stereocenters. The lowest BCUT2D eigenvalue weighted by Gasteiger charge is -2.15. The molecule has 0 aliphatic heterocycles. The van der Waals surface area contributed by atoms with Crippen LogP contribution in [-0.2, 0) is 27.9 Å². The summed E-state index contributed by atoms with van der Waals surface area (Å²) in [5.74, 6) is -0.576. The summed E-state index contributed by atoms with van der Waals surface area (Å²) in [7, 11) is -4.42. The lowest BCUT2D eigenvalue weighted by atomic mass is 10.0. The van der Waals surface area contributed by atoms with E-state index in [1.165, 1.54) is 83.5 Å². The van der Waals surface area contributed by atoms with Gasteiger partial charge in [-0.25, -0.2) is 4.57 Å². The Morgan fingerprint density at radius 3 is 1.66 bits per heavy atom. The molecule has 0 radical (unpaired) electrons. The van der Waals surface area contributed by atoms with Crippen LogP contribution in [0.1, 0.15) is 162 Å². The highest BCUT2D eigenvalue weighted by Crippen LogP contribution is 2.42. The van der Waals surface area contributed by atoms with E-state index in [0.717, 1.165) is 44.9 Å². The maximum atomic E-state index is 12.0. The van der Waals surface area contributed by atoms with Gasteiger partial charge in [-0.3, -0.25) is 18.6 Å². The minimum Gasteiger partial charge on any atom is -0.463 e. The molecule has 0 aromatic rings. The van der Waals surface area contributed by atoms with Gasteiger partial charge in [0.1, 0.15) is 12.7 Å². The first kappa shape index (κ1) is 48.0. The number of aliphatic hydroxyl groups is 1. The van der Waals surface area contributed by atoms with Crippen molar-refractivity contribution in [2.45, 2.75) is 168 Å². The Morgan fingerprint density at radius 1 is 0.620 bits per heavy atom. The second kappa shape index (κ2) is 36.8. The van der Waals surface area contributed by atoms with Crippen molar-refractivity contribution in [3.63, 3.8) is 0 Å². The lowest BCUT2D eigenvalue weighted by molar-refractivity contribution is -0.147. The molecule has 3 N–H and O–H groups in total. The number of hydrogen-bond donors (Lipinski definition) is 3. The van der Waals surface area contributed by atoms with Gasteiger partial charge in [-0.1, -0.05) is 146 Å². The Kier molecular flexibility index (Phi) is 35.3. The van der Waals surface area contributed by atoms with Crippen molar-refractivity contribution in [3.05, 3.63) is 48.6 Å². The molecule has 9 nitrogen and oxygen atoms in total. The summed E-state index contributed by atoms with van der Waals surface area (Å²) >= 11 is 0. The number of allylic oxidation sites excluding steroid dienone is 8. The second-order valence-electron chi connectivity index (χ2n) is 12.9. The Labute approximate surface area is 305 Å². The average molecular weight is 726 g/mol. The molecule has 0 bridgehead atoms. The van der Waals surface area contributed by atoms with Crippen molar-refractivity contribution in [2.75, 3.05) is 26.4 Å². The molecule has 290 valence electrons. The number of rotatable bonds is 36. The molecule has 2 atom stereocenters. The molecule has 0 aliphatic rings. The van der Waals surface area contributed by atoms with E-state index >= 15 is 0 Å². The maximum absolute atomic E-state index is 12.0. The van der Waals surface area contributed by atoms with Crippen LogP contribution in [0.2, 0.25) is 0 Å². The van der Waals surface area contributed by atoms with Gasteiger partial charge in [-0.2, -0.15) is 0 Å². The minimum atomic E-state index is -4.42. The molecule has 0 rings (SSSR count). The van der Waals surface area contributed by atoms with Crippen molar-refractivity contribution in [1.29, 1.82) is 0 Å². The van der Waals surface area contributed by atoms with Crippen molar-refractivity contribution in [3.8, 4) is 0 Å². The Hall–Kier alpha value is -2.03. The van der Waals surface area contributed by atoms with Crippen molar-refractivity contribution in [2.24, 2.45) is 0 Å².